The first-order valence-corrected chi connectivity index (χ1v) is 6.57. The molecule has 0 atom stereocenters. The van der Waals surface area contributed by atoms with Gasteiger partial charge in [0.15, 0.2) is 11.5 Å². The maximum absolute atomic E-state index is 12.2. The molecule has 0 aliphatic carbocycles. The molecule has 6 nitrogen and oxygen atoms in total. The zero-order chi connectivity index (χ0) is 15.4. The van der Waals surface area contributed by atoms with E-state index in [4.69, 9.17) is 9.47 Å². The Balaban J connectivity index is 2.10. The predicted octanol–water partition coefficient (Wildman–Crippen LogP) is 1.97. The standard InChI is InChI=1S/C15H19N3O3/c1-9-12(10(2)18-17-9)8-16-15(19)11-5-6-13(20-3)14(7-11)21-4/h5-7H,8H2,1-4H3,(H,16,19)(H,17,18). The fourth-order valence-corrected chi connectivity index (χ4v) is 2.08. The fraction of sp³-hybridized carbons (Fsp3) is 0.333. The maximum Gasteiger partial charge on any atom is 0.251 e. The van der Waals surface area contributed by atoms with Crippen molar-refractivity contribution in [2.75, 3.05) is 14.2 Å². The van der Waals surface area contributed by atoms with Gasteiger partial charge in [0.1, 0.15) is 0 Å². The second-order valence-electron chi connectivity index (χ2n) is 4.67. The number of amides is 1. The van der Waals surface area contributed by atoms with Crippen molar-refractivity contribution in [2.24, 2.45) is 0 Å². The van der Waals surface area contributed by atoms with E-state index in [2.05, 4.69) is 15.5 Å². The first-order chi connectivity index (χ1) is 10.1. The monoisotopic (exact) mass is 289 g/mol. The van der Waals surface area contributed by atoms with E-state index in [9.17, 15) is 4.79 Å². The summed E-state index contributed by atoms with van der Waals surface area (Å²) in [4.78, 5) is 12.2. The van der Waals surface area contributed by atoms with Crippen molar-refractivity contribution in [1.29, 1.82) is 0 Å². The summed E-state index contributed by atoms with van der Waals surface area (Å²) in [7, 11) is 3.10. The van der Waals surface area contributed by atoms with Crippen molar-refractivity contribution in [3.05, 3.63) is 40.7 Å². The van der Waals surface area contributed by atoms with Crippen LogP contribution in [0.2, 0.25) is 0 Å². The van der Waals surface area contributed by atoms with Gasteiger partial charge in [-0.15, -0.1) is 0 Å². The Labute approximate surface area is 123 Å². The van der Waals surface area contributed by atoms with Crippen LogP contribution in [-0.2, 0) is 6.54 Å². The van der Waals surface area contributed by atoms with Gasteiger partial charge in [0.2, 0.25) is 0 Å². The van der Waals surface area contributed by atoms with Crippen LogP contribution in [0, 0.1) is 13.8 Å². The van der Waals surface area contributed by atoms with E-state index < -0.39 is 0 Å². The van der Waals surface area contributed by atoms with Crippen molar-refractivity contribution >= 4 is 5.91 Å². The number of aromatic nitrogens is 2. The quantitative estimate of drug-likeness (QED) is 0.882. The van der Waals surface area contributed by atoms with E-state index in [1.54, 1.807) is 25.3 Å². The van der Waals surface area contributed by atoms with Gasteiger partial charge in [0, 0.05) is 23.4 Å². The average molecular weight is 289 g/mol. The lowest BCUT2D eigenvalue weighted by molar-refractivity contribution is 0.0950. The van der Waals surface area contributed by atoms with E-state index in [0.29, 0.717) is 23.6 Å². The smallest absolute Gasteiger partial charge is 0.251 e. The summed E-state index contributed by atoms with van der Waals surface area (Å²) in [5, 5.41) is 9.88. The molecule has 0 fully saturated rings. The number of carbonyl (C=O) groups is 1. The molecule has 0 radical (unpaired) electrons. The molecule has 0 spiro atoms. The largest absolute Gasteiger partial charge is 0.493 e. The predicted molar refractivity (Wildman–Crippen MR) is 78.8 cm³/mol. The number of rotatable bonds is 5. The Kier molecular flexibility index (Phi) is 4.47. The lowest BCUT2D eigenvalue weighted by Crippen LogP contribution is -2.23. The summed E-state index contributed by atoms with van der Waals surface area (Å²) in [5.41, 5.74) is 3.37. The third-order valence-electron chi connectivity index (χ3n) is 3.35. The zero-order valence-corrected chi connectivity index (χ0v) is 12.6. The van der Waals surface area contributed by atoms with Gasteiger partial charge >= 0.3 is 0 Å². The van der Waals surface area contributed by atoms with Crippen LogP contribution in [-0.4, -0.2) is 30.3 Å². The highest BCUT2D eigenvalue weighted by atomic mass is 16.5. The fourth-order valence-electron chi connectivity index (χ4n) is 2.08. The Morgan fingerprint density at radius 2 is 1.95 bits per heavy atom. The van der Waals surface area contributed by atoms with Crippen LogP contribution >= 0.6 is 0 Å². The van der Waals surface area contributed by atoms with Crippen molar-refractivity contribution in [1.82, 2.24) is 15.5 Å². The van der Waals surface area contributed by atoms with Crippen LogP contribution in [0.5, 0.6) is 11.5 Å². The highest BCUT2D eigenvalue weighted by Crippen LogP contribution is 2.27. The summed E-state index contributed by atoms with van der Waals surface area (Å²) in [6.45, 7) is 4.26. The van der Waals surface area contributed by atoms with E-state index in [0.717, 1.165) is 17.0 Å². The minimum absolute atomic E-state index is 0.170. The number of hydrogen-bond donors (Lipinski definition) is 2. The summed E-state index contributed by atoms with van der Waals surface area (Å²) < 4.78 is 10.3. The molecule has 2 aromatic rings. The Morgan fingerprint density at radius 1 is 1.24 bits per heavy atom. The molecule has 1 aromatic carbocycles. The van der Waals surface area contributed by atoms with Crippen molar-refractivity contribution in [3.8, 4) is 11.5 Å². The molecular formula is C15H19N3O3. The molecule has 6 heteroatoms. The normalized spacial score (nSPS) is 10.3. The molecule has 112 valence electrons. The minimum atomic E-state index is -0.170. The molecule has 21 heavy (non-hydrogen) atoms. The van der Waals surface area contributed by atoms with Crippen molar-refractivity contribution in [3.63, 3.8) is 0 Å². The molecule has 0 unspecified atom stereocenters. The molecule has 0 bridgehead atoms. The van der Waals surface area contributed by atoms with Gasteiger partial charge in [-0.3, -0.25) is 9.89 Å². The molecule has 0 saturated carbocycles. The van der Waals surface area contributed by atoms with Gasteiger partial charge in [0.05, 0.1) is 19.9 Å². The van der Waals surface area contributed by atoms with Crippen LogP contribution in [0.1, 0.15) is 27.3 Å². The molecular weight excluding hydrogens is 270 g/mol. The van der Waals surface area contributed by atoms with Crippen LogP contribution in [0.15, 0.2) is 18.2 Å². The summed E-state index contributed by atoms with van der Waals surface area (Å²) in [5.74, 6) is 0.951. The van der Waals surface area contributed by atoms with Crippen LogP contribution < -0.4 is 14.8 Å². The maximum atomic E-state index is 12.2. The number of aryl methyl sites for hydroxylation is 2. The van der Waals surface area contributed by atoms with Gasteiger partial charge < -0.3 is 14.8 Å². The second-order valence-corrected chi connectivity index (χ2v) is 4.67. The molecule has 1 amide bonds. The molecule has 0 aliphatic rings. The van der Waals surface area contributed by atoms with Crippen molar-refractivity contribution < 1.29 is 14.3 Å². The van der Waals surface area contributed by atoms with Gasteiger partial charge in [0.25, 0.3) is 5.91 Å². The van der Waals surface area contributed by atoms with E-state index in [1.807, 2.05) is 13.8 Å². The van der Waals surface area contributed by atoms with E-state index in [-0.39, 0.29) is 5.91 Å². The molecule has 1 aromatic heterocycles. The number of hydrogen-bond acceptors (Lipinski definition) is 4. The summed E-state index contributed by atoms with van der Waals surface area (Å²) in [6.07, 6.45) is 0. The number of H-pyrrole nitrogens is 1. The topological polar surface area (TPSA) is 76.2 Å². The Bertz CT molecular complexity index is 630. The van der Waals surface area contributed by atoms with E-state index in [1.165, 1.54) is 7.11 Å². The first-order valence-electron chi connectivity index (χ1n) is 6.57. The number of methoxy groups -OCH3 is 2. The summed E-state index contributed by atoms with van der Waals surface area (Å²) >= 11 is 0. The third-order valence-corrected chi connectivity index (χ3v) is 3.35. The van der Waals surface area contributed by atoms with E-state index >= 15 is 0 Å². The first kappa shape index (κ1) is 14.9. The number of ether oxygens (including phenoxy) is 2. The van der Waals surface area contributed by atoms with Gasteiger partial charge in [-0.2, -0.15) is 5.10 Å². The molecule has 1 heterocycles. The lowest BCUT2D eigenvalue weighted by atomic mass is 10.1. The number of carbonyl (C=O) groups excluding carboxylic acids is 1. The molecule has 0 saturated heterocycles. The number of nitrogens with zero attached hydrogens (tertiary/aromatic N) is 1. The van der Waals surface area contributed by atoms with Crippen LogP contribution in [0.4, 0.5) is 0 Å². The SMILES string of the molecule is COc1ccc(C(=O)NCc2c(C)n[nH]c2C)cc1OC. The second kappa shape index (κ2) is 6.30. The van der Waals surface area contributed by atoms with Crippen LogP contribution in [0.3, 0.4) is 0 Å². The summed E-state index contributed by atoms with van der Waals surface area (Å²) in [6, 6.07) is 5.07. The average Bonchev–Trinajstić information content (AvgIpc) is 2.82. The third kappa shape index (κ3) is 3.16. The number of nitrogens with one attached hydrogen (secondary N) is 2. The lowest BCUT2D eigenvalue weighted by Gasteiger charge is -2.10. The molecule has 0 aliphatic heterocycles. The highest BCUT2D eigenvalue weighted by Gasteiger charge is 2.12. The van der Waals surface area contributed by atoms with Gasteiger partial charge in [-0.05, 0) is 32.0 Å². The highest BCUT2D eigenvalue weighted by molar-refractivity contribution is 5.94. The number of aromatic amines is 1. The number of benzene rings is 1. The minimum Gasteiger partial charge on any atom is -0.493 e. The molecule has 2 rings (SSSR count). The molecule has 2 N–H and O–H groups in total. The zero-order valence-electron chi connectivity index (χ0n) is 12.6. The Morgan fingerprint density at radius 3 is 2.52 bits per heavy atom. The van der Waals surface area contributed by atoms with Gasteiger partial charge in [-0.1, -0.05) is 0 Å². The van der Waals surface area contributed by atoms with Gasteiger partial charge in [-0.25, -0.2) is 0 Å². The van der Waals surface area contributed by atoms with Crippen molar-refractivity contribution in [2.45, 2.75) is 20.4 Å². The van der Waals surface area contributed by atoms with Crippen LogP contribution in [0.25, 0.3) is 0 Å². The Hall–Kier alpha value is -2.50.